The molecule has 0 saturated heterocycles. The van der Waals surface area contributed by atoms with Crippen molar-refractivity contribution >= 4 is 23.4 Å². The molecule has 0 aliphatic carbocycles. The van der Waals surface area contributed by atoms with E-state index >= 15 is 0 Å². The molecule has 0 radical (unpaired) electrons. The molecule has 0 aliphatic rings. The fourth-order valence-corrected chi connectivity index (χ4v) is 3.00. The van der Waals surface area contributed by atoms with Crippen LogP contribution in [0.1, 0.15) is 34.8 Å². The third kappa shape index (κ3) is 4.20. The monoisotopic (exact) mass is 399 g/mol. The number of aromatic nitrogens is 2. The highest BCUT2D eigenvalue weighted by molar-refractivity contribution is 7.98. The molecule has 0 aliphatic heterocycles. The van der Waals surface area contributed by atoms with Crippen molar-refractivity contribution in [3.63, 3.8) is 0 Å². The quantitative estimate of drug-likeness (QED) is 0.256. The summed E-state index contributed by atoms with van der Waals surface area (Å²) in [4.78, 5) is 23.5. The molecular formula is C19H17N3O5S. The van der Waals surface area contributed by atoms with Crippen molar-refractivity contribution in [1.82, 2.24) is 10.2 Å². The van der Waals surface area contributed by atoms with Gasteiger partial charge in [-0.2, -0.15) is 0 Å². The number of hydrogen-bond donors (Lipinski definition) is 0. The second-order valence-electron chi connectivity index (χ2n) is 6.00. The van der Waals surface area contributed by atoms with Crippen LogP contribution >= 0.6 is 11.8 Å². The summed E-state index contributed by atoms with van der Waals surface area (Å²) in [5.41, 5.74) is 1.79. The Morgan fingerprint density at radius 1 is 1.21 bits per heavy atom. The first-order chi connectivity index (χ1) is 13.4. The van der Waals surface area contributed by atoms with Gasteiger partial charge in [-0.1, -0.05) is 17.7 Å². The van der Waals surface area contributed by atoms with Crippen molar-refractivity contribution in [2.24, 2.45) is 0 Å². The molecule has 0 bridgehead atoms. The summed E-state index contributed by atoms with van der Waals surface area (Å²) in [5, 5.41) is 19.1. The lowest BCUT2D eigenvalue weighted by atomic mass is 10.1. The van der Waals surface area contributed by atoms with Crippen molar-refractivity contribution < 1.29 is 18.9 Å². The molecule has 144 valence electrons. The third-order valence-corrected chi connectivity index (χ3v) is 4.77. The van der Waals surface area contributed by atoms with Crippen LogP contribution in [0.2, 0.25) is 0 Å². The number of nitrogens with zero attached hydrogens (tertiary/aromatic N) is 3. The Labute approximate surface area is 165 Å². The minimum atomic E-state index is -0.807. The molecule has 0 N–H and O–H groups in total. The zero-order valence-electron chi connectivity index (χ0n) is 15.4. The van der Waals surface area contributed by atoms with Gasteiger partial charge in [0.2, 0.25) is 5.89 Å². The number of nitro groups is 1. The number of esters is 1. The molecule has 1 atom stereocenters. The van der Waals surface area contributed by atoms with Gasteiger partial charge < -0.3 is 9.15 Å². The number of nitro benzene ring substituents is 1. The van der Waals surface area contributed by atoms with E-state index in [4.69, 9.17) is 9.15 Å². The van der Waals surface area contributed by atoms with Gasteiger partial charge in [0.15, 0.2) is 6.10 Å². The Kier molecular flexibility index (Phi) is 5.74. The highest BCUT2D eigenvalue weighted by atomic mass is 32.2. The molecule has 8 nitrogen and oxygen atoms in total. The number of aryl methyl sites for hydroxylation is 1. The third-order valence-electron chi connectivity index (χ3n) is 3.98. The molecular weight excluding hydrogens is 382 g/mol. The number of benzene rings is 2. The van der Waals surface area contributed by atoms with E-state index in [0.29, 0.717) is 10.8 Å². The van der Waals surface area contributed by atoms with E-state index in [9.17, 15) is 14.9 Å². The van der Waals surface area contributed by atoms with Gasteiger partial charge in [0, 0.05) is 11.6 Å². The minimum absolute atomic E-state index is 0.0784. The van der Waals surface area contributed by atoms with Crippen molar-refractivity contribution in [3.05, 3.63) is 69.6 Å². The minimum Gasteiger partial charge on any atom is -0.449 e. The van der Waals surface area contributed by atoms with Crippen LogP contribution in [-0.2, 0) is 4.74 Å². The molecule has 3 rings (SSSR count). The number of carbonyl (C=O) groups excluding carboxylic acids is 1. The number of thioether (sulfide) groups is 1. The predicted octanol–water partition coefficient (Wildman–Crippen LogP) is 4.59. The lowest BCUT2D eigenvalue weighted by molar-refractivity contribution is -0.387. The molecule has 1 heterocycles. The highest BCUT2D eigenvalue weighted by Gasteiger charge is 2.22. The maximum atomic E-state index is 12.4. The van der Waals surface area contributed by atoms with Crippen LogP contribution in [0.25, 0.3) is 11.5 Å². The molecule has 9 heteroatoms. The van der Waals surface area contributed by atoms with Crippen molar-refractivity contribution in [3.8, 4) is 11.5 Å². The van der Waals surface area contributed by atoms with E-state index in [1.807, 2.05) is 31.2 Å². The van der Waals surface area contributed by atoms with Gasteiger partial charge in [-0.15, -0.1) is 22.0 Å². The largest absolute Gasteiger partial charge is 0.449 e. The standard InChI is InChI=1S/C19H17N3O5S/c1-11-4-6-13(7-5-11)18-21-20-17(27-18)12(2)26-19(23)14-8-9-16(28-3)15(10-14)22(24)25/h4-10,12H,1-3H3. The molecule has 0 saturated carbocycles. The number of hydrogen-bond acceptors (Lipinski definition) is 8. The first-order valence-corrected chi connectivity index (χ1v) is 9.55. The molecule has 3 aromatic rings. The molecule has 28 heavy (non-hydrogen) atoms. The van der Waals surface area contributed by atoms with Crippen LogP contribution < -0.4 is 0 Å². The van der Waals surface area contributed by atoms with Crippen molar-refractivity contribution in [2.45, 2.75) is 24.8 Å². The van der Waals surface area contributed by atoms with Gasteiger partial charge in [-0.25, -0.2) is 4.79 Å². The van der Waals surface area contributed by atoms with Crippen LogP contribution in [-0.4, -0.2) is 27.3 Å². The van der Waals surface area contributed by atoms with Crippen LogP contribution in [0.15, 0.2) is 51.8 Å². The van der Waals surface area contributed by atoms with Gasteiger partial charge in [0.1, 0.15) is 0 Å². The van der Waals surface area contributed by atoms with Crippen molar-refractivity contribution in [2.75, 3.05) is 6.26 Å². The average Bonchev–Trinajstić information content (AvgIpc) is 3.18. The van der Waals surface area contributed by atoms with Crippen LogP contribution in [0.3, 0.4) is 0 Å². The van der Waals surface area contributed by atoms with E-state index in [1.54, 1.807) is 13.2 Å². The van der Waals surface area contributed by atoms with E-state index in [1.165, 1.54) is 30.0 Å². The summed E-state index contributed by atoms with van der Waals surface area (Å²) in [6.07, 6.45) is 0.919. The van der Waals surface area contributed by atoms with Gasteiger partial charge in [-0.05, 0) is 44.4 Å². The Morgan fingerprint density at radius 3 is 2.57 bits per heavy atom. The fraction of sp³-hybridized carbons (Fsp3) is 0.211. The first-order valence-electron chi connectivity index (χ1n) is 8.33. The molecule has 1 aromatic heterocycles. The van der Waals surface area contributed by atoms with Gasteiger partial charge >= 0.3 is 5.97 Å². The van der Waals surface area contributed by atoms with Crippen LogP contribution in [0.4, 0.5) is 5.69 Å². The Hall–Kier alpha value is -3.20. The maximum absolute atomic E-state index is 12.4. The molecule has 0 spiro atoms. The molecule has 0 amide bonds. The lowest BCUT2D eigenvalue weighted by Crippen LogP contribution is -2.10. The van der Waals surface area contributed by atoms with Gasteiger partial charge in [0.05, 0.1) is 15.4 Å². The summed E-state index contributed by atoms with van der Waals surface area (Å²) >= 11 is 1.23. The molecule has 0 fully saturated rings. The lowest BCUT2D eigenvalue weighted by Gasteiger charge is -2.10. The predicted molar refractivity (Wildman–Crippen MR) is 103 cm³/mol. The smallest absolute Gasteiger partial charge is 0.339 e. The Morgan fingerprint density at radius 2 is 1.93 bits per heavy atom. The second-order valence-corrected chi connectivity index (χ2v) is 6.85. The summed E-state index contributed by atoms with van der Waals surface area (Å²) in [5.74, 6) is -0.254. The fourth-order valence-electron chi connectivity index (χ4n) is 2.45. The van der Waals surface area contributed by atoms with Crippen molar-refractivity contribution in [1.29, 1.82) is 0 Å². The Balaban J connectivity index is 1.75. The van der Waals surface area contributed by atoms with E-state index in [2.05, 4.69) is 10.2 Å². The van der Waals surface area contributed by atoms with E-state index < -0.39 is 17.0 Å². The highest BCUT2D eigenvalue weighted by Crippen LogP contribution is 2.29. The van der Waals surface area contributed by atoms with Crippen LogP contribution in [0.5, 0.6) is 0 Å². The maximum Gasteiger partial charge on any atom is 0.339 e. The summed E-state index contributed by atoms with van der Waals surface area (Å²) < 4.78 is 10.9. The number of carbonyl (C=O) groups is 1. The summed E-state index contributed by atoms with van der Waals surface area (Å²) in [6.45, 7) is 3.57. The van der Waals surface area contributed by atoms with E-state index in [0.717, 1.165) is 11.1 Å². The number of ether oxygens (including phenoxy) is 1. The first kappa shape index (κ1) is 19.6. The summed E-state index contributed by atoms with van der Waals surface area (Å²) in [6, 6.07) is 11.8. The molecule has 1 unspecified atom stereocenters. The van der Waals surface area contributed by atoms with E-state index in [-0.39, 0.29) is 17.1 Å². The van der Waals surface area contributed by atoms with Gasteiger partial charge in [0.25, 0.3) is 11.6 Å². The normalized spacial score (nSPS) is 11.8. The molecule has 2 aromatic carbocycles. The topological polar surface area (TPSA) is 108 Å². The second kappa shape index (κ2) is 8.22. The zero-order chi connectivity index (χ0) is 20.3. The van der Waals surface area contributed by atoms with Gasteiger partial charge in [-0.3, -0.25) is 10.1 Å². The van der Waals surface area contributed by atoms with Crippen LogP contribution in [0, 0.1) is 17.0 Å². The average molecular weight is 399 g/mol. The SMILES string of the molecule is CSc1ccc(C(=O)OC(C)c2nnc(-c3ccc(C)cc3)o2)cc1[N+](=O)[O-]. The Bertz CT molecular complexity index is 1020. The number of rotatable bonds is 6. The summed E-state index contributed by atoms with van der Waals surface area (Å²) in [7, 11) is 0. The zero-order valence-corrected chi connectivity index (χ0v) is 16.2.